The third-order valence-electron chi connectivity index (χ3n) is 16.6. The summed E-state index contributed by atoms with van der Waals surface area (Å²) in [6.45, 7) is 1.42. The van der Waals surface area contributed by atoms with Crippen LogP contribution in [0, 0.1) is 0 Å². The van der Waals surface area contributed by atoms with E-state index in [-0.39, 0.29) is 5.97 Å². The molecule has 452 valence electrons. The van der Waals surface area contributed by atoms with Gasteiger partial charge in [0.1, 0.15) is 11.5 Å². The maximum atomic E-state index is 11.9. The van der Waals surface area contributed by atoms with Gasteiger partial charge in [0.25, 0.3) is 0 Å². The molecule has 0 saturated carbocycles. The van der Waals surface area contributed by atoms with Gasteiger partial charge in [0.2, 0.25) is 0 Å². The van der Waals surface area contributed by atoms with Crippen molar-refractivity contribution < 1.29 is 14.3 Å². The topological polar surface area (TPSA) is 42.0 Å². The van der Waals surface area contributed by atoms with Crippen molar-refractivity contribution in [2.24, 2.45) is 0 Å². The normalized spacial score (nSPS) is 11.3. The Morgan fingerprint density at radius 3 is 0.638 bits per heavy atom. The van der Waals surface area contributed by atoms with Crippen LogP contribution in [0.15, 0.2) is 352 Å². The summed E-state index contributed by atoms with van der Waals surface area (Å²) in [6.07, 6.45) is 9.08. The fourth-order valence-electron chi connectivity index (χ4n) is 11.9. The summed E-state index contributed by atoms with van der Waals surface area (Å²) in [4.78, 5) is 16.4. The first-order valence-corrected chi connectivity index (χ1v) is 31.6. The van der Waals surface area contributed by atoms with Gasteiger partial charge in [-0.05, 0) is 210 Å². The Morgan fingerprint density at radius 1 is 0.245 bits per heavy atom. The van der Waals surface area contributed by atoms with Crippen molar-refractivity contribution in [1.29, 1.82) is 0 Å². The standard InChI is InChI=1S/C89H68N2O3/c1-65(92)94-85-59-55-83(56-60-85)91(80-47-35-67(36-48-80)62-87(72-25-13-5-14-26-72)73-27-15-6-16-28-73)81-51-39-69(40-52-81)64-89(75-31-19-8-20-32-75)77-43-41-76(42-44-77)88(74-29-17-7-18-30-74)63-68-37-49-79(50-38-68)90(82-53-57-84(93-2)58-54-82)78-45-33-66(34-46-78)61-86(70-21-9-3-10-22-70)71-23-11-4-12-24-71/h3-64H,1-2H3/b88-63+,89-64-. The number of carbonyl (C=O) groups is 1. The van der Waals surface area contributed by atoms with E-state index in [4.69, 9.17) is 9.47 Å². The van der Waals surface area contributed by atoms with Crippen molar-refractivity contribution in [3.63, 3.8) is 0 Å². The number of rotatable bonds is 20. The van der Waals surface area contributed by atoms with Gasteiger partial charge in [-0.15, -0.1) is 0 Å². The number of hydrogen-bond acceptors (Lipinski definition) is 5. The number of carbonyl (C=O) groups excluding carboxylic acids is 1. The SMILES string of the molecule is COc1ccc(N(c2ccc(C=C(c3ccccc3)c3ccccc3)cc2)c2ccc(/C=C(\c3ccccc3)c3ccc(/C(=C\c4ccc(N(c5ccc(C=C(c6ccccc6)c6ccccc6)cc5)c5ccc(OC(C)=O)cc5)cc4)c4ccccc4)cc3)cc2)cc1. The third-order valence-corrected chi connectivity index (χ3v) is 16.6. The summed E-state index contributed by atoms with van der Waals surface area (Å²) in [5.74, 6) is 0.929. The van der Waals surface area contributed by atoms with Gasteiger partial charge in [0, 0.05) is 41.0 Å². The Hall–Kier alpha value is -12.3. The average Bonchev–Trinajstić information content (AvgIpc) is 0.879. The molecule has 0 aliphatic heterocycles. The summed E-state index contributed by atoms with van der Waals surface area (Å²) in [6, 6.07) is 123. The lowest BCUT2D eigenvalue weighted by Crippen LogP contribution is -2.10. The molecule has 0 unspecified atom stereocenters. The molecular weight excluding hydrogens is 1140 g/mol. The molecule has 0 aliphatic carbocycles. The van der Waals surface area contributed by atoms with Crippen LogP contribution in [-0.4, -0.2) is 13.1 Å². The molecule has 0 heterocycles. The number of methoxy groups -OCH3 is 1. The predicted molar refractivity (Wildman–Crippen MR) is 393 cm³/mol. The second kappa shape index (κ2) is 29.1. The molecule has 13 rings (SSSR count). The minimum Gasteiger partial charge on any atom is -0.497 e. The predicted octanol–water partition coefficient (Wildman–Crippen LogP) is 22.9. The van der Waals surface area contributed by atoms with E-state index in [1.807, 2.05) is 48.5 Å². The molecule has 5 nitrogen and oxygen atoms in total. The van der Waals surface area contributed by atoms with Gasteiger partial charge in [-0.25, -0.2) is 0 Å². The van der Waals surface area contributed by atoms with Crippen LogP contribution in [0.25, 0.3) is 46.6 Å². The van der Waals surface area contributed by atoms with Crippen LogP contribution in [0.4, 0.5) is 34.1 Å². The molecule has 0 saturated heterocycles. The molecule has 0 N–H and O–H groups in total. The lowest BCUT2D eigenvalue weighted by Gasteiger charge is -2.26. The van der Waals surface area contributed by atoms with Crippen LogP contribution in [-0.2, 0) is 4.79 Å². The minimum absolute atomic E-state index is 0.362. The minimum atomic E-state index is -0.362. The highest BCUT2D eigenvalue weighted by molar-refractivity contribution is 5.96. The second-order valence-corrected chi connectivity index (χ2v) is 22.8. The maximum Gasteiger partial charge on any atom is 0.308 e. The van der Waals surface area contributed by atoms with Gasteiger partial charge in [0.15, 0.2) is 0 Å². The van der Waals surface area contributed by atoms with Crippen LogP contribution in [0.2, 0.25) is 0 Å². The summed E-state index contributed by atoms with van der Waals surface area (Å²) >= 11 is 0. The van der Waals surface area contributed by atoms with E-state index in [2.05, 4.69) is 337 Å². The van der Waals surface area contributed by atoms with Gasteiger partial charge in [-0.1, -0.05) is 255 Å². The number of esters is 1. The molecule has 0 bridgehead atoms. The van der Waals surface area contributed by atoms with Gasteiger partial charge in [-0.3, -0.25) is 4.79 Å². The highest BCUT2D eigenvalue weighted by Gasteiger charge is 2.18. The van der Waals surface area contributed by atoms with E-state index >= 15 is 0 Å². The quantitative estimate of drug-likeness (QED) is 0.0432. The first-order chi connectivity index (χ1) is 46.3. The molecule has 5 heteroatoms. The van der Waals surface area contributed by atoms with E-state index in [1.165, 1.54) is 23.6 Å². The molecule has 0 amide bonds. The fourth-order valence-corrected chi connectivity index (χ4v) is 11.9. The number of hydrogen-bond donors (Lipinski definition) is 0. The largest absolute Gasteiger partial charge is 0.497 e. The molecule has 0 fully saturated rings. The second-order valence-electron chi connectivity index (χ2n) is 22.8. The number of ether oxygens (including phenoxy) is 2. The number of benzene rings is 13. The first-order valence-electron chi connectivity index (χ1n) is 31.6. The highest BCUT2D eigenvalue weighted by atomic mass is 16.5. The summed E-state index contributed by atoms with van der Waals surface area (Å²) in [5, 5.41) is 0. The van der Waals surface area contributed by atoms with Crippen molar-refractivity contribution in [1.82, 2.24) is 0 Å². The lowest BCUT2D eigenvalue weighted by atomic mass is 9.91. The molecule has 0 aromatic heterocycles. The van der Waals surface area contributed by atoms with Crippen LogP contribution in [0.3, 0.4) is 0 Å². The smallest absolute Gasteiger partial charge is 0.308 e. The zero-order valence-electron chi connectivity index (χ0n) is 52.4. The fraction of sp³-hybridized carbons (Fsp3) is 0.0225. The summed E-state index contributed by atoms with van der Waals surface area (Å²) in [7, 11) is 1.70. The van der Waals surface area contributed by atoms with Crippen LogP contribution < -0.4 is 19.3 Å². The van der Waals surface area contributed by atoms with Crippen LogP contribution >= 0.6 is 0 Å². The van der Waals surface area contributed by atoms with Gasteiger partial charge in [-0.2, -0.15) is 0 Å². The number of anilines is 6. The van der Waals surface area contributed by atoms with Crippen molar-refractivity contribution in [3.05, 3.63) is 419 Å². The van der Waals surface area contributed by atoms with Crippen molar-refractivity contribution in [2.75, 3.05) is 16.9 Å². The van der Waals surface area contributed by atoms with Crippen molar-refractivity contribution in [3.8, 4) is 11.5 Å². The Morgan fingerprint density at radius 2 is 0.436 bits per heavy atom. The Balaban J connectivity index is 0.800. The van der Waals surface area contributed by atoms with E-state index in [0.717, 1.165) is 112 Å². The molecular formula is C89H68N2O3. The average molecular weight is 1210 g/mol. The van der Waals surface area contributed by atoms with E-state index in [1.54, 1.807) is 7.11 Å². The van der Waals surface area contributed by atoms with Gasteiger partial charge in [0.05, 0.1) is 7.11 Å². The molecule has 0 radical (unpaired) electrons. The van der Waals surface area contributed by atoms with E-state index < -0.39 is 0 Å². The van der Waals surface area contributed by atoms with Crippen molar-refractivity contribution in [2.45, 2.75) is 6.92 Å². The molecule has 13 aromatic rings. The molecule has 94 heavy (non-hydrogen) atoms. The summed E-state index contributed by atoms with van der Waals surface area (Å²) < 4.78 is 11.1. The van der Waals surface area contributed by atoms with Gasteiger partial charge >= 0.3 is 5.97 Å². The Labute approximate surface area is 551 Å². The third kappa shape index (κ3) is 14.6. The van der Waals surface area contributed by atoms with E-state index in [0.29, 0.717) is 5.75 Å². The first kappa shape index (κ1) is 60.6. The van der Waals surface area contributed by atoms with E-state index in [9.17, 15) is 4.79 Å². The monoisotopic (exact) mass is 1210 g/mol. The highest BCUT2D eigenvalue weighted by Crippen LogP contribution is 2.40. The maximum absolute atomic E-state index is 11.9. The molecule has 0 atom stereocenters. The number of nitrogens with zero attached hydrogens (tertiary/aromatic N) is 2. The zero-order valence-corrected chi connectivity index (χ0v) is 52.4. The molecule has 0 spiro atoms. The van der Waals surface area contributed by atoms with Crippen molar-refractivity contribution >= 4 is 86.7 Å². The van der Waals surface area contributed by atoms with Crippen LogP contribution in [0.5, 0.6) is 11.5 Å². The van der Waals surface area contributed by atoms with Gasteiger partial charge < -0.3 is 19.3 Å². The molecule has 0 aliphatic rings. The lowest BCUT2D eigenvalue weighted by molar-refractivity contribution is -0.131. The molecule has 13 aromatic carbocycles. The zero-order chi connectivity index (χ0) is 63.8. The Kier molecular flexibility index (Phi) is 18.8. The Bertz CT molecular complexity index is 4660. The summed E-state index contributed by atoms with van der Waals surface area (Å²) in [5.41, 5.74) is 23.9. The van der Waals surface area contributed by atoms with Crippen LogP contribution in [0.1, 0.15) is 73.7 Å².